The number of nitrogens with zero attached hydrogens (tertiary/aromatic N) is 1. The Morgan fingerprint density at radius 2 is 2.25 bits per heavy atom. The van der Waals surface area contributed by atoms with Crippen LogP contribution in [0, 0.1) is 17.0 Å². The lowest BCUT2D eigenvalue weighted by Gasteiger charge is -1.99. The molecular weight excluding hydrogens is 174 g/mol. The Labute approximate surface area is 76.0 Å². The number of benzene rings is 1. The first-order valence-electron chi connectivity index (χ1n) is 3.50. The maximum Gasteiger partial charge on any atom is 0.273 e. The van der Waals surface area contributed by atoms with E-state index in [9.17, 15) is 10.1 Å². The number of aryl methyl sites for hydroxylation is 1. The maximum atomic E-state index is 10.5. The van der Waals surface area contributed by atoms with Gasteiger partial charge in [0.15, 0.2) is 0 Å². The van der Waals surface area contributed by atoms with Crippen molar-refractivity contribution in [2.75, 3.05) is 0 Å². The first-order valence-corrected chi connectivity index (χ1v) is 4.13. The van der Waals surface area contributed by atoms with E-state index in [1.54, 1.807) is 12.1 Å². The van der Waals surface area contributed by atoms with Gasteiger partial charge >= 0.3 is 0 Å². The van der Waals surface area contributed by atoms with Crippen LogP contribution in [0.5, 0.6) is 0 Å². The molecule has 0 aliphatic heterocycles. The van der Waals surface area contributed by atoms with E-state index in [-0.39, 0.29) is 10.6 Å². The van der Waals surface area contributed by atoms with Crippen LogP contribution in [0.15, 0.2) is 18.2 Å². The second-order valence-electron chi connectivity index (χ2n) is 2.55. The highest BCUT2D eigenvalue weighted by Gasteiger charge is 2.11. The summed E-state index contributed by atoms with van der Waals surface area (Å²) in [7, 11) is 0. The molecule has 0 unspecified atom stereocenters. The van der Waals surface area contributed by atoms with Gasteiger partial charge in [-0.1, -0.05) is 12.1 Å². The van der Waals surface area contributed by atoms with Crippen LogP contribution in [0.2, 0.25) is 0 Å². The Morgan fingerprint density at radius 1 is 1.58 bits per heavy atom. The van der Waals surface area contributed by atoms with Gasteiger partial charge in [0.25, 0.3) is 5.69 Å². The predicted molar refractivity (Wildman–Crippen MR) is 50.5 cm³/mol. The van der Waals surface area contributed by atoms with Gasteiger partial charge in [-0.15, -0.1) is 0 Å². The number of nitro benzene ring substituents is 1. The zero-order valence-corrected chi connectivity index (χ0v) is 7.54. The maximum absolute atomic E-state index is 10.5. The van der Waals surface area contributed by atoms with E-state index in [2.05, 4.69) is 12.6 Å². The number of hydrogen-bond donors (Lipinski definition) is 1. The summed E-state index contributed by atoms with van der Waals surface area (Å²) in [5.74, 6) is 0.399. The summed E-state index contributed by atoms with van der Waals surface area (Å²) >= 11 is 4.00. The van der Waals surface area contributed by atoms with Gasteiger partial charge in [-0.2, -0.15) is 12.6 Å². The number of rotatable bonds is 2. The SMILES string of the molecule is Cc1ccc(CS)c([N+](=O)[O-])c1. The summed E-state index contributed by atoms with van der Waals surface area (Å²) in [5.41, 5.74) is 1.71. The third-order valence-electron chi connectivity index (χ3n) is 1.61. The molecule has 1 aromatic rings. The van der Waals surface area contributed by atoms with E-state index in [0.29, 0.717) is 11.3 Å². The number of thiol groups is 1. The zero-order valence-electron chi connectivity index (χ0n) is 6.65. The van der Waals surface area contributed by atoms with Crippen molar-refractivity contribution in [3.8, 4) is 0 Å². The van der Waals surface area contributed by atoms with Crippen LogP contribution < -0.4 is 0 Å². The molecule has 0 heterocycles. The predicted octanol–water partition coefficient (Wildman–Crippen LogP) is 2.33. The Hall–Kier alpha value is -1.03. The fourth-order valence-corrected chi connectivity index (χ4v) is 1.24. The summed E-state index contributed by atoms with van der Waals surface area (Å²) < 4.78 is 0. The topological polar surface area (TPSA) is 43.1 Å². The molecule has 0 aliphatic carbocycles. The van der Waals surface area contributed by atoms with Crippen LogP contribution in [0.25, 0.3) is 0 Å². The highest BCUT2D eigenvalue weighted by atomic mass is 32.1. The molecule has 0 amide bonds. The van der Waals surface area contributed by atoms with Crippen molar-refractivity contribution in [3.05, 3.63) is 39.4 Å². The Bertz CT molecular complexity index is 312. The molecule has 0 bridgehead atoms. The van der Waals surface area contributed by atoms with Crippen molar-refractivity contribution in [3.63, 3.8) is 0 Å². The molecule has 3 nitrogen and oxygen atoms in total. The lowest BCUT2D eigenvalue weighted by Crippen LogP contribution is -1.93. The molecule has 0 saturated heterocycles. The molecule has 0 aromatic heterocycles. The minimum absolute atomic E-state index is 0.157. The van der Waals surface area contributed by atoms with Crippen LogP contribution in [-0.2, 0) is 5.75 Å². The molecule has 0 radical (unpaired) electrons. The molecule has 1 rings (SSSR count). The molecule has 64 valence electrons. The second-order valence-corrected chi connectivity index (χ2v) is 2.86. The van der Waals surface area contributed by atoms with E-state index in [1.807, 2.05) is 13.0 Å². The van der Waals surface area contributed by atoms with Crippen LogP contribution in [0.4, 0.5) is 5.69 Å². The average Bonchev–Trinajstić information content (AvgIpc) is 2.04. The van der Waals surface area contributed by atoms with Gasteiger partial charge in [0.05, 0.1) is 4.92 Å². The van der Waals surface area contributed by atoms with Crippen molar-refractivity contribution >= 4 is 18.3 Å². The van der Waals surface area contributed by atoms with E-state index >= 15 is 0 Å². The van der Waals surface area contributed by atoms with Crippen LogP contribution >= 0.6 is 12.6 Å². The molecule has 0 fully saturated rings. The monoisotopic (exact) mass is 183 g/mol. The van der Waals surface area contributed by atoms with E-state index in [0.717, 1.165) is 5.56 Å². The molecule has 0 atom stereocenters. The third-order valence-corrected chi connectivity index (χ3v) is 1.95. The highest BCUT2D eigenvalue weighted by Crippen LogP contribution is 2.21. The first-order chi connectivity index (χ1) is 5.65. The summed E-state index contributed by atoms with van der Waals surface area (Å²) in [6.07, 6.45) is 0. The van der Waals surface area contributed by atoms with E-state index in [4.69, 9.17) is 0 Å². The molecule has 4 heteroatoms. The summed E-state index contributed by atoms with van der Waals surface area (Å²) in [6.45, 7) is 1.83. The van der Waals surface area contributed by atoms with Gasteiger partial charge in [0.2, 0.25) is 0 Å². The average molecular weight is 183 g/mol. The number of nitro groups is 1. The van der Waals surface area contributed by atoms with Gasteiger partial charge in [0.1, 0.15) is 0 Å². The van der Waals surface area contributed by atoms with Gasteiger partial charge in [-0.05, 0) is 12.5 Å². The van der Waals surface area contributed by atoms with Crippen molar-refractivity contribution in [1.29, 1.82) is 0 Å². The van der Waals surface area contributed by atoms with Crippen LogP contribution in [0.1, 0.15) is 11.1 Å². The van der Waals surface area contributed by atoms with Gasteiger partial charge in [0, 0.05) is 17.4 Å². The molecule has 0 N–H and O–H groups in total. The van der Waals surface area contributed by atoms with Crippen molar-refractivity contribution < 1.29 is 4.92 Å². The van der Waals surface area contributed by atoms with Crippen LogP contribution in [0.3, 0.4) is 0 Å². The highest BCUT2D eigenvalue weighted by molar-refractivity contribution is 7.79. The van der Waals surface area contributed by atoms with E-state index < -0.39 is 0 Å². The largest absolute Gasteiger partial charge is 0.273 e. The standard InChI is InChI=1S/C8H9NO2S/c1-6-2-3-7(5-12)8(4-6)9(10)11/h2-4,12H,5H2,1H3. The smallest absolute Gasteiger partial charge is 0.258 e. The number of hydrogen-bond acceptors (Lipinski definition) is 3. The molecule has 12 heavy (non-hydrogen) atoms. The molecule has 0 spiro atoms. The van der Waals surface area contributed by atoms with Crippen molar-refractivity contribution in [2.45, 2.75) is 12.7 Å². The third kappa shape index (κ3) is 1.76. The summed E-state index contributed by atoms with van der Waals surface area (Å²) in [6, 6.07) is 5.14. The second kappa shape index (κ2) is 3.58. The fourth-order valence-electron chi connectivity index (χ4n) is 0.978. The van der Waals surface area contributed by atoms with Crippen LogP contribution in [-0.4, -0.2) is 4.92 Å². The molecule has 0 saturated carbocycles. The quantitative estimate of drug-likeness (QED) is 0.434. The Balaban J connectivity index is 3.21. The Morgan fingerprint density at radius 3 is 2.75 bits per heavy atom. The normalized spacial score (nSPS) is 9.83. The van der Waals surface area contributed by atoms with Gasteiger partial charge < -0.3 is 0 Å². The molecule has 1 aromatic carbocycles. The minimum Gasteiger partial charge on any atom is -0.258 e. The molecular formula is C8H9NO2S. The van der Waals surface area contributed by atoms with Crippen molar-refractivity contribution in [1.82, 2.24) is 0 Å². The zero-order chi connectivity index (χ0) is 9.14. The summed E-state index contributed by atoms with van der Waals surface area (Å²) in [5, 5.41) is 10.5. The van der Waals surface area contributed by atoms with Gasteiger partial charge in [-0.3, -0.25) is 10.1 Å². The minimum atomic E-state index is -0.376. The lowest BCUT2D eigenvalue weighted by molar-refractivity contribution is -0.385. The first kappa shape index (κ1) is 9.06. The van der Waals surface area contributed by atoms with E-state index in [1.165, 1.54) is 0 Å². The fraction of sp³-hybridized carbons (Fsp3) is 0.250. The lowest BCUT2D eigenvalue weighted by atomic mass is 10.1. The van der Waals surface area contributed by atoms with Gasteiger partial charge in [-0.25, -0.2) is 0 Å². The van der Waals surface area contributed by atoms with Crippen molar-refractivity contribution in [2.24, 2.45) is 0 Å². The Kier molecular flexibility index (Phi) is 2.70. The molecule has 0 aliphatic rings. The summed E-state index contributed by atoms with van der Waals surface area (Å²) in [4.78, 5) is 10.1.